The molecular weight excluding hydrogens is 236 g/mol. The molecule has 3 nitrogen and oxygen atoms in total. The Labute approximate surface area is 117 Å². The van der Waals surface area contributed by atoms with E-state index >= 15 is 0 Å². The molecule has 0 aromatic heterocycles. The van der Waals surface area contributed by atoms with E-state index in [-0.39, 0.29) is 5.60 Å². The van der Waals surface area contributed by atoms with Gasteiger partial charge in [0, 0.05) is 32.2 Å². The zero-order valence-corrected chi connectivity index (χ0v) is 12.5. The Hall–Kier alpha value is -0.590. The van der Waals surface area contributed by atoms with Crippen LogP contribution in [0.15, 0.2) is 0 Å². The van der Waals surface area contributed by atoms with Crippen molar-refractivity contribution in [3.8, 4) is 6.07 Å². The Balaban J connectivity index is 1.97. The molecule has 0 aromatic rings. The number of rotatable bonds is 5. The molecule has 1 spiro atoms. The van der Waals surface area contributed by atoms with E-state index in [1.54, 1.807) is 0 Å². The van der Waals surface area contributed by atoms with Crippen LogP contribution in [0.25, 0.3) is 0 Å². The SMILES string of the molecule is CC(C)CN(CCC#N)C1CCOC2(CCCC2)C1. The maximum atomic E-state index is 8.85. The highest BCUT2D eigenvalue weighted by molar-refractivity contribution is 4.94. The monoisotopic (exact) mass is 264 g/mol. The van der Waals surface area contributed by atoms with E-state index in [4.69, 9.17) is 10.00 Å². The van der Waals surface area contributed by atoms with Gasteiger partial charge in [0.05, 0.1) is 11.7 Å². The molecular formula is C16H28N2O. The van der Waals surface area contributed by atoms with Crippen molar-refractivity contribution in [1.29, 1.82) is 5.26 Å². The van der Waals surface area contributed by atoms with E-state index in [0.717, 1.165) is 26.1 Å². The van der Waals surface area contributed by atoms with Crippen molar-refractivity contribution < 1.29 is 4.74 Å². The molecule has 0 N–H and O–H groups in total. The Morgan fingerprint density at radius 2 is 2.11 bits per heavy atom. The first-order valence-corrected chi connectivity index (χ1v) is 7.90. The van der Waals surface area contributed by atoms with E-state index in [2.05, 4.69) is 24.8 Å². The summed E-state index contributed by atoms with van der Waals surface area (Å²) in [5.41, 5.74) is 0.185. The molecule has 1 saturated heterocycles. The highest BCUT2D eigenvalue weighted by atomic mass is 16.5. The highest BCUT2D eigenvalue weighted by Crippen LogP contribution is 2.41. The van der Waals surface area contributed by atoms with Crippen LogP contribution in [0.1, 0.15) is 58.8 Å². The van der Waals surface area contributed by atoms with Gasteiger partial charge >= 0.3 is 0 Å². The number of hydrogen-bond donors (Lipinski definition) is 0. The lowest BCUT2D eigenvalue weighted by Crippen LogP contribution is -2.48. The summed E-state index contributed by atoms with van der Waals surface area (Å²) in [5.74, 6) is 0.668. The zero-order valence-electron chi connectivity index (χ0n) is 12.5. The summed E-state index contributed by atoms with van der Waals surface area (Å²) in [6.45, 7) is 7.48. The van der Waals surface area contributed by atoms with Crippen LogP contribution in [0, 0.1) is 17.2 Å². The summed E-state index contributed by atoms with van der Waals surface area (Å²) >= 11 is 0. The Morgan fingerprint density at radius 1 is 1.37 bits per heavy atom. The van der Waals surface area contributed by atoms with Crippen molar-refractivity contribution in [3.05, 3.63) is 0 Å². The molecule has 108 valence electrons. The molecule has 1 unspecified atom stereocenters. The van der Waals surface area contributed by atoms with E-state index in [9.17, 15) is 0 Å². The second-order valence-corrected chi connectivity index (χ2v) is 6.68. The molecule has 2 fully saturated rings. The topological polar surface area (TPSA) is 36.3 Å². The van der Waals surface area contributed by atoms with Crippen LogP contribution in [0.5, 0.6) is 0 Å². The van der Waals surface area contributed by atoms with E-state index in [1.807, 2.05) is 0 Å². The van der Waals surface area contributed by atoms with Gasteiger partial charge in [0.25, 0.3) is 0 Å². The fourth-order valence-corrected chi connectivity index (χ4v) is 3.77. The lowest BCUT2D eigenvalue weighted by atomic mass is 9.87. The van der Waals surface area contributed by atoms with E-state index in [0.29, 0.717) is 18.4 Å². The van der Waals surface area contributed by atoms with Crippen LogP contribution < -0.4 is 0 Å². The van der Waals surface area contributed by atoms with Crippen molar-refractivity contribution in [2.75, 3.05) is 19.7 Å². The predicted molar refractivity (Wildman–Crippen MR) is 76.8 cm³/mol. The quantitative estimate of drug-likeness (QED) is 0.764. The second-order valence-electron chi connectivity index (χ2n) is 6.68. The van der Waals surface area contributed by atoms with Crippen molar-refractivity contribution in [3.63, 3.8) is 0 Å². The first-order chi connectivity index (χ1) is 9.15. The van der Waals surface area contributed by atoms with Gasteiger partial charge in [0.1, 0.15) is 0 Å². The molecule has 1 aliphatic heterocycles. The molecule has 0 bridgehead atoms. The summed E-state index contributed by atoms with van der Waals surface area (Å²) in [7, 11) is 0. The normalized spacial score (nSPS) is 26.2. The number of nitriles is 1. The minimum Gasteiger partial charge on any atom is -0.375 e. The molecule has 1 heterocycles. The Kier molecular flexibility index (Phi) is 5.24. The van der Waals surface area contributed by atoms with E-state index < -0.39 is 0 Å². The lowest BCUT2D eigenvalue weighted by Gasteiger charge is -2.43. The molecule has 2 rings (SSSR count). The molecule has 1 atom stereocenters. The van der Waals surface area contributed by atoms with Gasteiger partial charge in [-0.3, -0.25) is 4.90 Å². The summed E-state index contributed by atoms with van der Waals surface area (Å²) in [4.78, 5) is 2.55. The third-order valence-corrected chi connectivity index (χ3v) is 4.61. The number of nitrogens with zero attached hydrogens (tertiary/aromatic N) is 2. The van der Waals surface area contributed by atoms with Gasteiger partial charge in [-0.15, -0.1) is 0 Å². The van der Waals surface area contributed by atoms with Crippen LogP contribution in [-0.2, 0) is 4.74 Å². The number of ether oxygens (including phenoxy) is 1. The second kappa shape index (κ2) is 6.72. The molecule has 1 aliphatic carbocycles. The van der Waals surface area contributed by atoms with Gasteiger partial charge in [-0.2, -0.15) is 5.26 Å². The first kappa shape index (κ1) is 14.8. The zero-order chi connectivity index (χ0) is 13.7. The molecule has 0 aromatic carbocycles. The van der Waals surface area contributed by atoms with Gasteiger partial charge in [-0.05, 0) is 31.6 Å². The maximum Gasteiger partial charge on any atom is 0.0697 e. The van der Waals surface area contributed by atoms with Gasteiger partial charge < -0.3 is 4.74 Å². The van der Waals surface area contributed by atoms with Crippen LogP contribution in [0.4, 0.5) is 0 Å². The fourth-order valence-electron chi connectivity index (χ4n) is 3.77. The minimum atomic E-state index is 0.185. The van der Waals surface area contributed by atoms with Crippen LogP contribution in [0.3, 0.4) is 0 Å². The van der Waals surface area contributed by atoms with Crippen molar-refractivity contribution >= 4 is 0 Å². The largest absolute Gasteiger partial charge is 0.375 e. The maximum absolute atomic E-state index is 8.85. The molecule has 0 amide bonds. The van der Waals surface area contributed by atoms with Crippen LogP contribution in [-0.4, -0.2) is 36.2 Å². The highest BCUT2D eigenvalue weighted by Gasteiger charge is 2.41. The fraction of sp³-hybridized carbons (Fsp3) is 0.938. The molecule has 19 heavy (non-hydrogen) atoms. The van der Waals surface area contributed by atoms with E-state index in [1.165, 1.54) is 32.1 Å². The van der Waals surface area contributed by atoms with Crippen molar-refractivity contribution in [2.24, 2.45) is 5.92 Å². The Morgan fingerprint density at radius 3 is 2.74 bits per heavy atom. The molecule has 3 heteroatoms. The Bertz CT molecular complexity index is 315. The first-order valence-electron chi connectivity index (χ1n) is 7.90. The van der Waals surface area contributed by atoms with Gasteiger partial charge in [-0.1, -0.05) is 26.7 Å². The van der Waals surface area contributed by atoms with Crippen molar-refractivity contribution in [1.82, 2.24) is 4.90 Å². The number of hydrogen-bond acceptors (Lipinski definition) is 3. The smallest absolute Gasteiger partial charge is 0.0697 e. The average molecular weight is 264 g/mol. The summed E-state index contributed by atoms with van der Waals surface area (Å²) in [5, 5.41) is 8.85. The summed E-state index contributed by atoms with van der Waals surface area (Å²) in [6, 6.07) is 2.93. The molecule has 2 aliphatic rings. The van der Waals surface area contributed by atoms with Crippen LogP contribution in [0.2, 0.25) is 0 Å². The third kappa shape index (κ3) is 3.94. The predicted octanol–water partition coefficient (Wildman–Crippen LogP) is 3.35. The van der Waals surface area contributed by atoms with Crippen LogP contribution >= 0.6 is 0 Å². The lowest BCUT2D eigenvalue weighted by molar-refractivity contribution is -0.102. The average Bonchev–Trinajstić information content (AvgIpc) is 2.82. The van der Waals surface area contributed by atoms with Gasteiger partial charge in [-0.25, -0.2) is 0 Å². The summed E-state index contributed by atoms with van der Waals surface area (Å²) in [6.07, 6.45) is 8.13. The standard InChI is InChI=1S/C16H28N2O/c1-14(2)13-18(10-5-9-17)15-6-11-19-16(12-15)7-3-4-8-16/h14-15H,3-8,10-13H2,1-2H3. The van der Waals surface area contributed by atoms with Gasteiger partial charge in [0.15, 0.2) is 0 Å². The summed E-state index contributed by atoms with van der Waals surface area (Å²) < 4.78 is 6.12. The molecule has 0 radical (unpaired) electrons. The molecule has 1 saturated carbocycles. The minimum absolute atomic E-state index is 0.185. The van der Waals surface area contributed by atoms with Crippen molar-refractivity contribution in [2.45, 2.75) is 70.4 Å². The van der Waals surface area contributed by atoms with Gasteiger partial charge in [0.2, 0.25) is 0 Å². The third-order valence-electron chi connectivity index (χ3n) is 4.61.